The fourth-order valence-electron chi connectivity index (χ4n) is 4.79. The summed E-state index contributed by atoms with van der Waals surface area (Å²) in [5, 5.41) is 4.87. The molecule has 7 nitrogen and oxygen atoms in total. The van der Waals surface area contributed by atoms with Gasteiger partial charge in [-0.25, -0.2) is 0 Å². The summed E-state index contributed by atoms with van der Waals surface area (Å²) in [6.45, 7) is 9.09. The number of aromatic nitrogens is 1. The minimum Gasteiger partial charge on any atom is -0.361 e. The van der Waals surface area contributed by atoms with Crippen LogP contribution < -0.4 is 5.32 Å². The molecule has 0 spiro atoms. The van der Waals surface area contributed by atoms with Crippen molar-refractivity contribution in [3.8, 4) is 0 Å². The SMILES string of the molecule is CCc1cccc2c(CCNC(=NC)N3CCN(CC(=O)N4CCCC4)CC3)c[nH]c12. The largest absolute Gasteiger partial charge is 0.361 e. The molecule has 2 fully saturated rings. The van der Waals surface area contributed by atoms with E-state index in [-0.39, 0.29) is 0 Å². The van der Waals surface area contributed by atoms with Crippen molar-refractivity contribution in [1.82, 2.24) is 25.0 Å². The maximum atomic E-state index is 12.4. The quantitative estimate of drug-likeness (QED) is 0.551. The van der Waals surface area contributed by atoms with Crippen LogP contribution in [0, 0.1) is 0 Å². The van der Waals surface area contributed by atoms with Gasteiger partial charge in [0.1, 0.15) is 0 Å². The molecule has 4 rings (SSSR count). The molecule has 7 heteroatoms. The molecule has 1 amide bonds. The summed E-state index contributed by atoms with van der Waals surface area (Å²) < 4.78 is 0. The van der Waals surface area contributed by atoms with Gasteiger partial charge >= 0.3 is 0 Å². The van der Waals surface area contributed by atoms with Crippen LogP contribution in [0.25, 0.3) is 10.9 Å². The number of carbonyl (C=O) groups is 1. The number of nitrogens with zero attached hydrogens (tertiary/aromatic N) is 4. The zero-order chi connectivity index (χ0) is 21.6. The highest BCUT2D eigenvalue weighted by Crippen LogP contribution is 2.22. The third kappa shape index (κ3) is 5.03. The Kier molecular flexibility index (Phi) is 7.12. The van der Waals surface area contributed by atoms with Gasteiger partial charge < -0.3 is 20.1 Å². The van der Waals surface area contributed by atoms with Crippen LogP contribution in [0.4, 0.5) is 0 Å². The van der Waals surface area contributed by atoms with Gasteiger partial charge in [0.05, 0.1) is 6.54 Å². The van der Waals surface area contributed by atoms with Crippen LogP contribution in [-0.4, -0.2) is 91.0 Å². The van der Waals surface area contributed by atoms with Crippen LogP contribution in [0.15, 0.2) is 29.4 Å². The Morgan fingerprint density at radius 2 is 1.84 bits per heavy atom. The Bertz CT molecular complexity index is 906. The first-order valence-electron chi connectivity index (χ1n) is 11.7. The second-order valence-corrected chi connectivity index (χ2v) is 8.58. The molecule has 1 aromatic carbocycles. The van der Waals surface area contributed by atoms with Crippen molar-refractivity contribution in [2.45, 2.75) is 32.6 Å². The molecule has 2 saturated heterocycles. The molecule has 2 aromatic rings. The first kappa shape index (κ1) is 21.7. The summed E-state index contributed by atoms with van der Waals surface area (Å²) in [5.41, 5.74) is 3.98. The number of H-pyrrole nitrogens is 1. The van der Waals surface area contributed by atoms with Gasteiger partial charge in [0.15, 0.2) is 5.96 Å². The van der Waals surface area contributed by atoms with Crippen LogP contribution in [0.3, 0.4) is 0 Å². The summed E-state index contributed by atoms with van der Waals surface area (Å²) in [5.74, 6) is 1.25. The molecule has 0 bridgehead atoms. The Hall–Kier alpha value is -2.54. The molecule has 3 heterocycles. The molecule has 2 N–H and O–H groups in total. The Balaban J connectivity index is 1.24. The molecule has 1 aromatic heterocycles. The summed E-state index contributed by atoms with van der Waals surface area (Å²) in [4.78, 5) is 27.0. The number of hydrogen-bond acceptors (Lipinski definition) is 3. The Morgan fingerprint density at radius 1 is 1.06 bits per heavy atom. The van der Waals surface area contributed by atoms with E-state index in [4.69, 9.17) is 0 Å². The second-order valence-electron chi connectivity index (χ2n) is 8.58. The van der Waals surface area contributed by atoms with E-state index < -0.39 is 0 Å². The third-order valence-corrected chi connectivity index (χ3v) is 6.65. The van der Waals surface area contributed by atoms with Crippen LogP contribution in [0.1, 0.15) is 30.9 Å². The van der Waals surface area contributed by atoms with Crippen LogP contribution in [0.5, 0.6) is 0 Å². The van der Waals surface area contributed by atoms with Crippen molar-refractivity contribution in [3.63, 3.8) is 0 Å². The summed E-state index contributed by atoms with van der Waals surface area (Å²) >= 11 is 0. The summed E-state index contributed by atoms with van der Waals surface area (Å²) in [6.07, 6.45) is 6.44. The summed E-state index contributed by atoms with van der Waals surface area (Å²) in [6, 6.07) is 6.55. The number of para-hydroxylation sites is 1. The molecule has 2 aliphatic heterocycles. The van der Waals surface area contributed by atoms with Crippen molar-refractivity contribution >= 4 is 22.8 Å². The number of amides is 1. The van der Waals surface area contributed by atoms with E-state index in [0.717, 1.165) is 77.5 Å². The van der Waals surface area contributed by atoms with Crippen molar-refractivity contribution < 1.29 is 4.79 Å². The number of likely N-dealkylation sites (tertiary alicyclic amines) is 1. The van der Waals surface area contributed by atoms with E-state index in [1.54, 1.807) is 0 Å². The lowest BCUT2D eigenvalue weighted by molar-refractivity contribution is -0.131. The number of aryl methyl sites for hydroxylation is 1. The van der Waals surface area contributed by atoms with Crippen molar-refractivity contribution in [2.24, 2.45) is 4.99 Å². The monoisotopic (exact) mass is 424 g/mol. The van der Waals surface area contributed by atoms with Gasteiger partial charge in [0.25, 0.3) is 0 Å². The normalized spacial score (nSPS) is 18.2. The fourth-order valence-corrected chi connectivity index (χ4v) is 4.79. The number of benzene rings is 1. The molecule has 0 atom stereocenters. The number of hydrogen-bond donors (Lipinski definition) is 2. The van der Waals surface area contributed by atoms with Crippen molar-refractivity contribution in [2.75, 3.05) is 59.4 Å². The number of carbonyl (C=O) groups excluding carboxylic acids is 1. The number of fused-ring (bicyclic) bond motifs is 1. The van der Waals surface area contributed by atoms with Gasteiger partial charge in [-0.05, 0) is 36.8 Å². The molecule has 168 valence electrons. The first-order chi connectivity index (χ1) is 15.2. The van der Waals surface area contributed by atoms with Crippen molar-refractivity contribution in [3.05, 3.63) is 35.5 Å². The van der Waals surface area contributed by atoms with Gasteiger partial charge in [-0.15, -0.1) is 0 Å². The molecular formula is C24H36N6O. The molecule has 0 aliphatic carbocycles. The van der Waals surface area contributed by atoms with Gasteiger partial charge in [-0.2, -0.15) is 0 Å². The number of nitrogens with one attached hydrogen (secondary N) is 2. The fraction of sp³-hybridized carbons (Fsp3) is 0.583. The van der Waals surface area contributed by atoms with E-state index in [9.17, 15) is 4.79 Å². The maximum absolute atomic E-state index is 12.4. The summed E-state index contributed by atoms with van der Waals surface area (Å²) in [7, 11) is 1.85. The van der Waals surface area contributed by atoms with Gasteiger partial charge in [0, 0.05) is 70.0 Å². The van der Waals surface area contributed by atoms with Gasteiger partial charge in [0.2, 0.25) is 5.91 Å². The topological polar surface area (TPSA) is 67.0 Å². The Morgan fingerprint density at radius 3 is 2.55 bits per heavy atom. The highest BCUT2D eigenvalue weighted by molar-refractivity contribution is 5.86. The number of aliphatic imine (C=N–C) groups is 1. The molecule has 31 heavy (non-hydrogen) atoms. The van der Waals surface area contributed by atoms with E-state index in [0.29, 0.717) is 12.5 Å². The lowest BCUT2D eigenvalue weighted by atomic mass is 10.1. The molecule has 0 radical (unpaired) electrons. The minimum atomic E-state index is 0.290. The molecule has 2 aliphatic rings. The van der Waals surface area contributed by atoms with E-state index in [1.165, 1.54) is 22.0 Å². The van der Waals surface area contributed by atoms with Gasteiger partial charge in [-0.3, -0.25) is 14.7 Å². The van der Waals surface area contributed by atoms with E-state index >= 15 is 0 Å². The zero-order valence-electron chi connectivity index (χ0n) is 19.0. The first-order valence-corrected chi connectivity index (χ1v) is 11.7. The Labute approximate surface area is 185 Å². The van der Waals surface area contributed by atoms with E-state index in [2.05, 4.69) is 56.4 Å². The predicted octanol–water partition coefficient (Wildman–Crippen LogP) is 2.09. The van der Waals surface area contributed by atoms with Crippen molar-refractivity contribution in [1.29, 1.82) is 0 Å². The number of aromatic amines is 1. The third-order valence-electron chi connectivity index (χ3n) is 6.65. The van der Waals surface area contributed by atoms with Crippen LogP contribution in [0.2, 0.25) is 0 Å². The average Bonchev–Trinajstić information content (AvgIpc) is 3.48. The lowest BCUT2D eigenvalue weighted by Gasteiger charge is -2.36. The average molecular weight is 425 g/mol. The number of piperazine rings is 1. The van der Waals surface area contributed by atoms with Gasteiger partial charge in [-0.1, -0.05) is 25.1 Å². The highest BCUT2D eigenvalue weighted by atomic mass is 16.2. The smallest absolute Gasteiger partial charge is 0.236 e. The van der Waals surface area contributed by atoms with E-state index in [1.807, 2.05) is 11.9 Å². The predicted molar refractivity (Wildman–Crippen MR) is 127 cm³/mol. The maximum Gasteiger partial charge on any atom is 0.236 e. The van der Waals surface area contributed by atoms with Crippen LogP contribution in [-0.2, 0) is 17.6 Å². The standard InChI is InChI=1S/C24H36N6O/c1-3-19-7-6-8-21-20(17-27-23(19)21)9-10-26-24(25-2)30-15-13-28(14-16-30)18-22(31)29-11-4-5-12-29/h6-8,17,27H,3-5,9-16,18H2,1-2H3,(H,25,26). The minimum absolute atomic E-state index is 0.290. The lowest BCUT2D eigenvalue weighted by Crippen LogP contribution is -2.54. The molecular weight excluding hydrogens is 388 g/mol. The number of guanidine groups is 1. The highest BCUT2D eigenvalue weighted by Gasteiger charge is 2.24. The zero-order valence-corrected chi connectivity index (χ0v) is 19.0. The number of rotatable bonds is 6. The van der Waals surface area contributed by atoms with Crippen LogP contribution >= 0.6 is 0 Å². The second kappa shape index (κ2) is 10.2. The molecule has 0 unspecified atom stereocenters. The molecule has 0 saturated carbocycles.